The van der Waals surface area contributed by atoms with Crippen LogP contribution in [0.15, 0.2) is 4.99 Å². The zero-order chi connectivity index (χ0) is 12.5. The summed E-state index contributed by atoms with van der Waals surface area (Å²) in [7, 11) is 1.65. The van der Waals surface area contributed by atoms with Crippen molar-refractivity contribution in [2.75, 3.05) is 26.8 Å². The maximum absolute atomic E-state index is 11.4. The highest BCUT2D eigenvalue weighted by Crippen LogP contribution is 2.18. The molecule has 1 rings (SSSR count). The first kappa shape index (κ1) is 13.7. The van der Waals surface area contributed by atoms with Crippen molar-refractivity contribution in [2.24, 2.45) is 10.8 Å². The van der Waals surface area contributed by atoms with E-state index in [0.29, 0.717) is 25.2 Å². The zero-order valence-corrected chi connectivity index (χ0v) is 10.2. The number of nitrogens with zero attached hydrogens (tertiary/aromatic N) is 1. The molecule has 7 heteroatoms. The van der Waals surface area contributed by atoms with Crippen molar-refractivity contribution in [3.05, 3.63) is 0 Å². The van der Waals surface area contributed by atoms with Crippen LogP contribution in [0.5, 0.6) is 0 Å². The second kappa shape index (κ2) is 7.86. The fourth-order valence-corrected chi connectivity index (χ4v) is 1.23. The van der Waals surface area contributed by atoms with Crippen LogP contribution in [-0.2, 0) is 9.53 Å². The van der Waals surface area contributed by atoms with Gasteiger partial charge >= 0.3 is 0 Å². The van der Waals surface area contributed by atoms with Crippen molar-refractivity contribution in [3.8, 4) is 0 Å². The molecule has 1 aliphatic rings. The summed E-state index contributed by atoms with van der Waals surface area (Å²) in [6, 6.07) is 0.363. The topological polar surface area (TPSA) is 101 Å². The third kappa shape index (κ3) is 6.75. The van der Waals surface area contributed by atoms with Crippen LogP contribution < -0.4 is 21.9 Å². The Morgan fingerprint density at radius 2 is 2.29 bits per heavy atom. The molecule has 0 heterocycles. The highest BCUT2D eigenvalue weighted by molar-refractivity contribution is 5.84. The molecule has 1 fully saturated rings. The molecule has 0 aromatic heterocycles. The van der Waals surface area contributed by atoms with Gasteiger partial charge in [-0.25, -0.2) is 10.8 Å². The van der Waals surface area contributed by atoms with Crippen LogP contribution in [0.3, 0.4) is 0 Å². The van der Waals surface area contributed by atoms with Crippen LogP contribution in [-0.4, -0.2) is 44.7 Å². The van der Waals surface area contributed by atoms with Gasteiger partial charge in [0, 0.05) is 26.3 Å². The van der Waals surface area contributed by atoms with Crippen molar-refractivity contribution >= 4 is 11.9 Å². The summed E-state index contributed by atoms with van der Waals surface area (Å²) in [4.78, 5) is 15.4. The average Bonchev–Trinajstić information content (AvgIpc) is 3.12. The molecule has 0 bridgehead atoms. The van der Waals surface area contributed by atoms with Crippen molar-refractivity contribution in [3.63, 3.8) is 0 Å². The average molecular weight is 243 g/mol. The van der Waals surface area contributed by atoms with Gasteiger partial charge in [-0.2, -0.15) is 0 Å². The van der Waals surface area contributed by atoms with Crippen LogP contribution in [0.25, 0.3) is 0 Å². The summed E-state index contributed by atoms with van der Waals surface area (Å²) in [5.41, 5.74) is 2.42. The predicted molar refractivity (Wildman–Crippen MR) is 65.3 cm³/mol. The second-order valence-electron chi connectivity index (χ2n) is 3.92. The first-order valence-electron chi connectivity index (χ1n) is 5.79. The Balaban J connectivity index is 2.15. The lowest BCUT2D eigenvalue weighted by molar-refractivity contribution is -0.119. The van der Waals surface area contributed by atoms with Gasteiger partial charge in [-0.05, 0) is 19.3 Å². The van der Waals surface area contributed by atoms with E-state index >= 15 is 0 Å². The molecule has 0 unspecified atom stereocenters. The van der Waals surface area contributed by atoms with Gasteiger partial charge < -0.3 is 15.4 Å². The number of nitrogens with one attached hydrogen (secondary N) is 3. The molecule has 0 aliphatic heterocycles. The van der Waals surface area contributed by atoms with E-state index in [9.17, 15) is 4.79 Å². The SMILES string of the molecule is COCCCNC(=NCC(=O)NC1CC1)NN. The highest BCUT2D eigenvalue weighted by Gasteiger charge is 2.22. The smallest absolute Gasteiger partial charge is 0.242 e. The highest BCUT2D eigenvalue weighted by atomic mass is 16.5. The molecule has 17 heavy (non-hydrogen) atoms. The van der Waals surface area contributed by atoms with E-state index in [1.165, 1.54) is 0 Å². The monoisotopic (exact) mass is 243 g/mol. The van der Waals surface area contributed by atoms with Gasteiger partial charge in [0.05, 0.1) is 0 Å². The summed E-state index contributed by atoms with van der Waals surface area (Å²) < 4.78 is 4.91. The molecule has 0 spiro atoms. The number of hydrogen-bond donors (Lipinski definition) is 4. The maximum atomic E-state index is 11.4. The molecule has 5 N–H and O–H groups in total. The summed E-state index contributed by atoms with van der Waals surface area (Å²) >= 11 is 0. The number of nitrogens with two attached hydrogens (primary N) is 1. The van der Waals surface area contributed by atoms with Crippen molar-refractivity contribution in [2.45, 2.75) is 25.3 Å². The minimum atomic E-state index is -0.0704. The number of carbonyl (C=O) groups excluding carboxylic acids is 1. The number of amides is 1. The van der Waals surface area contributed by atoms with Gasteiger partial charge in [-0.3, -0.25) is 10.2 Å². The first-order valence-corrected chi connectivity index (χ1v) is 5.79. The first-order chi connectivity index (χ1) is 8.26. The predicted octanol–water partition coefficient (Wildman–Crippen LogP) is -1.29. The van der Waals surface area contributed by atoms with Crippen LogP contribution in [0.1, 0.15) is 19.3 Å². The van der Waals surface area contributed by atoms with Gasteiger partial charge in [-0.1, -0.05) is 0 Å². The molecule has 1 saturated carbocycles. The molecule has 1 amide bonds. The Bertz CT molecular complexity index is 265. The number of hydrazine groups is 1. The molecule has 7 nitrogen and oxygen atoms in total. The number of ether oxygens (including phenoxy) is 1. The van der Waals surface area contributed by atoms with Crippen molar-refractivity contribution in [1.82, 2.24) is 16.1 Å². The van der Waals surface area contributed by atoms with Crippen LogP contribution in [0, 0.1) is 0 Å². The van der Waals surface area contributed by atoms with Crippen molar-refractivity contribution in [1.29, 1.82) is 0 Å². The van der Waals surface area contributed by atoms with Crippen LogP contribution in [0.4, 0.5) is 0 Å². The van der Waals surface area contributed by atoms with Crippen LogP contribution in [0.2, 0.25) is 0 Å². The summed E-state index contributed by atoms with van der Waals surface area (Å²) in [6.45, 7) is 1.46. The second-order valence-corrected chi connectivity index (χ2v) is 3.92. The lowest BCUT2D eigenvalue weighted by atomic mass is 10.4. The molecule has 0 atom stereocenters. The number of methoxy groups -OCH3 is 1. The maximum Gasteiger partial charge on any atom is 0.242 e. The van der Waals surface area contributed by atoms with Gasteiger partial charge in [0.25, 0.3) is 0 Å². The number of guanidine groups is 1. The lowest BCUT2D eigenvalue weighted by Gasteiger charge is -2.08. The minimum absolute atomic E-state index is 0.0704. The molecule has 0 aromatic rings. The molecule has 0 saturated heterocycles. The van der Waals surface area contributed by atoms with Gasteiger partial charge in [0.2, 0.25) is 11.9 Å². The van der Waals surface area contributed by atoms with E-state index in [1.54, 1.807) is 7.11 Å². The Morgan fingerprint density at radius 1 is 1.53 bits per heavy atom. The number of rotatable bonds is 7. The summed E-state index contributed by atoms with van der Waals surface area (Å²) in [5, 5.41) is 5.83. The Morgan fingerprint density at radius 3 is 2.88 bits per heavy atom. The molecular weight excluding hydrogens is 222 g/mol. The van der Waals surface area contributed by atoms with Crippen LogP contribution >= 0.6 is 0 Å². The van der Waals surface area contributed by atoms with Gasteiger partial charge in [-0.15, -0.1) is 0 Å². The van der Waals surface area contributed by atoms with E-state index in [1.807, 2.05) is 0 Å². The van der Waals surface area contributed by atoms with Crippen molar-refractivity contribution < 1.29 is 9.53 Å². The zero-order valence-electron chi connectivity index (χ0n) is 10.2. The molecule has 0 radical (unpaired) electrons. The fourth-order valence-electron chi connectivity index (χ4n) is 1.23. The molecular formula is C10H21N5O2. The quantitative estimate of drug-likeness (QED) is 0.147. The van der Waals surface area contributed by atoms with E-state index in [4.69, 9.17) is 10.6 Å². The Kier molecular flexibility index (Phi) is 6.34. The molecule has 1 aliphatic carbocycles. The number of carbonyl (C=O) groups is 1. The number of hydrogen-bond acceptors (Lipinski definition) is 4. The lowest BCUT2D eigenvalue weighted by Crippen LogP contribution is -2.43. The Hall–Kier alpha value is -1.34. The van der Waals surface area contributed by atoms with E-state index in [0.717, 1.165) is 19.3 Å². The largest absolute Gasteiger partial charge is 0.385 e. The van der Waals surface area contributed by atoms with E-state index < -0.39 is 0 Å². The Labute approximate surface area is 101 Å². The molecule has 98 valence electrons. The van der Waals surface area contributed by atoms with Gasteiger partial charge in [0.15, 0.2) is 0 Å². The fraction of sp³-hybridized carbons (Fsp3) is 0.800. The van der Waals surface area contributed by atoms with E-state index in [-0.39, 0.29) is 12.5 Å². The van der Waals surface area contributed by atoms with Gasteiger partial charge in [0.1, 0.15) is 6.54 Å². The minimum Gasteiger partial charge on any atom is -0.385 e. The third-order valence-electron chi connectivity index (χ3n) is 2.28. The third-order valence-corrected chi connectivity index (χ3v) is 2.28. The summed E-state index contributed by atoms with van der Waals surface area (Å²) in [6.07, 6.45) is 3.00. The standard InChI is InChI=1S/C10H21N5O2/c1-17-6-2-5-12-10(15-11)13-7-9(16)14-8-3-4-8/h8H,2-7,11H2,1H3,(H,14,16)(H2,12,13,15). The van der Waals surface area contributed by atoms with E-state index in [2.05, 4.69) is 21.1 Å². The normalized spacial score (nSPS) is 15.5. The summed E-state index contributed by atoms with van der Waals surface area (Å²) in [5.74, 6) is 5.63. The number of aliphatic imine (C=N–C) groups is 1. The molecule has 0 aromatic carbocycles.